The van der Waals surface area contributed by atoms with Crippen LogP contribution in [-0.2, 0) is 4.79 Å². The molecule has 138 valence electrons. The van der Waals surface area contributed by atoms with Crippen molar-refractivity contribution in [1.82, 2.24) is 15.5 Å². The number of anilines is 1. The molecule has 0 aliphatic carbocycles. The van der Waals surface area contributed by atoms with Gasteiger partial charge in [-0.25, -0.2) is 4.79 Å². The number of piperazine rings is 1. The normalized spacial score (nSPS) is 16.6. The van der Waals surface area contributed by atoms with E-state index in [9.17, 15) is 9.59 Å². The van der Waals surface area contributed by atoms with Crippen LogP contribution in [0, 0.1) is 12.8 Å². The first kappa shape index (κ1) is 19.2. The monoisotopic (exact) mass is 346 g/mol. The maximum absolute atomic E-state index is 12.3. The van der Waals surface area contributed by atoms with E-state index in [0.717, 1.165) is 26.2 Å². The Morgan fingerprint density at radius 3 is 2.40 bits per heavy atom. The number of amides is 3. The number of carbonyl (C=O) groups is 2. The van der Waals surface area contributed by atoms with Crippen LogP contribution in [0.1, 0.15) is 26.3 Å². The van der Waals surface area contributed by atoms with Gasteiger partial charge in [0.05, 0.1) is 6.04 Å². The van der Waals surface area contributed by atoms with Gasteiger partial charge in [-0.15, -0.1) is 0 Å². The van der Waals surface area contributed by atoms with Crippen molar-refractivity contribution in [2.45, 2.75) is 33.7 Å². The number of nitrogens with zero attached hydrogens (tertiary/aromatic N) is 2. The first-order chi connectivity index (χ1) is 11.9. The van der Waals surface area contributed by atoms with E-state index in [4.69, 9.17) is 0 Å². The number of urea groups is 1. The number of benzene rings is 1. The van der Waals surface area contributed by atoms with E-state index in [1.54, 1.807) is 0 Å². The molecule has 1 atom stereocenters. The van der Waals surface area contributed by atoms with Gasteiger partial charge < -0.3 is 10.2 Å². The Kier molecular flexibility index (Phi) is 6.82. The molecule has 25 heavy (non-hydrogen) atoms. The molecule has 1 heterocycles. The molecule has 6 heteroatoms. The fourth-order valence-electron chi connectivity index (χ4n) is 2.92. The van der Waals surface area contributed by atoms with Crippen molar-refractivity contribution in [3.63, 3.8) is 0 Å². The van der Waals surface area contributed by atoms with Crippen LogP contribution in [0.3, 0.4) is 0 Å². The molecule has 2 N–H and O–H groups in total. The highest BCUT2D eigenvalue weighted by molar-refractivity contribution is 5.96. The van der Waals surface area contributed by atoms with Crippen LogP contribution in [0.15, 0.2) is 24.3 Å². The van der Waals surface area contributed by atoms with Crippen molar-refractivity contribution in [2.24, 2.45) is 5.92 Å². The molecular weight excluding hydrogens is 316 g/mol. The van der Waals surface area contributed by atoms with E-state index in [-0.39, 0.29) is 11.9 Å². The second-order valence-electron chi connectivity index (χ2n) is 7.13. The average molecular weight is 346 g/mol. The minimum atomic E-state index is -0.413. The minimum absolute atomic E-state index is 0.245. The molecule has 0 spiro atoms. The van der Waals surface area contributed by atoms with Crippen molar-refractivity contribution < 1.29 is 9.59 Å². The number of rotatable bonds is 5. The van der Waals surface area contributed by atoms with Gasteiger partial charge in [0.1, 0.15) is 0 Å². The van der Waals surface area contributed by atoms with Crippen LogP contribution in [-0.4, -0.2) is 55.6 Å². The predicted octanol–water partition coefficient (Wildman–Crippen LogP) is 1.99. The second kappa shape index (κ2) is 8.85. The zero-order valence-electron chi connectivity index (χ0n) is 15.7. The maximum Gasteiger partial charge on any atom is 0.321 e. The lowest BCUT2D eigenvalue weighted by molar-refractivity contribution is -0.124. The summed E-state index contributed by atoms with van der Waals surface area (Å²) in [6, 6.07) is 7.75. The number of hydrogen-bond donors (Lipinski definition) is 2. The molecule has 0 aromatic heterocycles. The van der Waals surface area contributed by atoms with Crippen molar-refractivity contribution in [3.05, 3.63) is 29.8 Å². The van der Waals surface area contributed by atoms with Gasteiger partial charge in [0.15, 0.2) is 0 Å². The summed E-state index contributed by atoms with van der Waals surface area (Å²) in [5.41, 5.74) is 2.48. The SMILES string of the molecule is Cc1cccc(N2CCN([C@H](C)C(=O)NC(=O)NCC(C)C)CC2)c1. The number of aryl methyl sites for hydroxylation is 1. The molecule has 3 amide bonds. The molecule has 0 unspecified atom stereocenters. The Bertz CT molecular complexity index is 595. The summed E-state index contributed by atoms with van der Waals surface area (Å²) in [5.74, 6) is 0.109. The third-order valence-corrected chi connectivity index (χ3v) is 4.52. The van der Waals surface area contributed by atoms with Gasteiger partial charge in [0.2, 0.25) is 5.91 Å². The van der Waals surface area contributed by atoms with E-state index >= 15 is 0 Å². The van der Waals surface area contributed by atoms with Crippen LogP contribution in [0.2, 0.25) is 0 Å². The van der Waals surface area contributed by atoms with Crippen LogP contribution >= 0.6 is 0 Å². The topological polar surface area (TPSA) is 64.7 Å². The van der Waals surface area contributed by atoms with Gasteiger partial charge in [0.25, 0.3) is 0 Å². The molecule has 6 nitrogen and oxygen atoms in total. The van der Waals surface area contributed by atoms with Gasteiger partial charge >= 0.3 is 6.03 Å². The lowest BCUT2D eigenvalue weighted by Crippen LogP contribution is -2.55. The summed E-state index contributed by atoms with van der Waals surface area (Å²) in [6.45, 7) is 11.9. The highest BCUT2D eigenvalue weighted by Gasteiger charge is 2.26. The molecule has 1 aromatic carbocycles. The average Bonchev–Trinajstić information content (AvgIpc) is 2.59. The molecule has 0 saturated carbocycles. The molecule has 0 radical (unpaired) electrons. The summed E-state index contributed by atoms with van der Waals surface area (Å²) >= 11 is 0. The third kappa shape index (κ3) is 5.74. The lowest BCUT2D eigenvalue weighted by atomic mass is 10.1. The summed E-state index contributed by atoms with van der Waals surface area (Å²) in [6.07, 6.45) is 0. The second-order valence-corrected chi connectivity index (χ2v) is 7.13. The highest BCUT2D eigenvalue weighted by Crippen LogP contribution is 2.18. The number of carbonyl (C=O) groups excluding carboxylic acids is 2. The first-order valence-corrected chi connectivity index (χ1v) is 9.01. The summed E-state index contributed by atoms with van der Waals surface area (Å²) in [5, 5.41) is 5.15. The quantitative estimate of drug-likeness (QED) is 0.856. The Morgan fingerprint density at radius 1 is 1.12 bits per heavy atom. The van der Waals surface area contributed by atoms with Gasteiger partial charge in [-0.2, -0.15) is 0 Å². The van der Waals surface area contributed by atoms with Crippen molar-refractivity contribution in [2.75, 3.05) is 37.6 Å². The predicted molar refractivity (Wildman–Crippen MR) is 101 cm³/mol. The Hall–Kier alpha value is -2.08. The van der Waals surface area contributed by atoms with Crippen molar-refractivity contribution in [1.29, 1.82) is 0 Å². The van der Waals surface area contributed by atoms with E-state index < -0.39 is 6.03 Å². The molecule has 2 rings (SSSR count). The standard InChI is InChI=1S/C19H30N4O2/c1-14(2)13-20-19(25)21-18(24)16(4)22-8-10-23(11-9-22)17-7-5-6-15(3)12-17/h5-7,12,14,16H,8-11,13H2,1-4H3,(H2,20,21,24,25)/t16-/m1/s1. The molecule has 1 fully saturated rings. The van der Waals surface area contributed by atoms with E-state index in [2.05, 4.69) is 51.6 Å². The summed E-state index contributed by atoms with van der Waals surface area (Å²) < 4.78 is 0. The molecule has 1 aromatic rings. The van der Waals surface area contributed by atoms with E-state index in [1.165, 1.54) is 11.3 Å². The molecule has 1 saturated heterocycles. The summed E-state index contributed by atoms with van der Waals surface area (Å²) in [4.78, 5) is 28.5. The zero-order valence-corrected chi connectivity index (χ0v) is 15.7. The van der Waals surface area contributed by atoms with Gasteiger partial charge in [0, 0.05) is 38.4 Å². The van der Waals surface area contributed by atoms with Gasteiger partial charge in [-0.1, -0.05) is 26.0 Å². The fraction of sp³-hybridized carbons (Fsp3) is 0.579. The Morgan fingerprint density at radius 2 is 1.80 bits per heavy atom. The van der Waals surface area contributed by atoms with Crippen LogP contribution in [0.5, 0.6) is 0 Å². The van der Waals surface area contributed by atoms with Gasteiger partial charge in [-0.3, -0.25) is 15.0 Å². The molecular formula is C19H30N4O2. The minimum Gasteiger partial charge on any atom is -0.369 e. The number of nitrogens with one attached hydrogen (secondary N) is 2. The third-order valence-electron chi connectivity index (χ3n) is 4.52. The Labute approximate surface area is 150 Å². The van der Waals surface area contributed by atoms with Crippen LogP contribution < -0.4 is 15.5 Å². The zero-order chi connectivity index (χ0) is 18.4. The molecule has 1 aliphatic rings. The molecule has 1 aliphatic heterocycles. The summed E-state index contributed by atoms with van der Waals surface area (Å²) in [7, 11) is 0. The van der Waals surface area contributed by atoms with E-state index in [0.29, 0.717) is 12.5 Å². The van der Waals surface area contributed by atoms with Crippen molar-refractivity contribution in [3.8, 4) is 0 Å². The number of imide groups is 1. The van der Waals surface area contributed by atoms with Gasteiger partial charge in [-0.05, 0) is 37.5 Å². The largest absolute Gasteiger partial charge is 0.369 e. The smallest absolute Gasteiger partial charge is 0.321 e. The Balaban J connectivity index is 1.81. The fourth-order valence-corrected chi connectivity index (χ4v) is 2.92. The highest BCUT2D eigenvalue weighted by atomic mass is 16.2. The van der Waals surface area contributed by atoms with E-state index in [1.807, 2.05) is 20.8 Å². The first-order valence-electron chi connectivity index (χ1n) is 9.01. The maximum atomic E-state index is 12.3. The number of hydrogen-bond acceptors (Lipinski definition) is 4. The lowest BCUT2D eigenvalue weighted by Gasteiger charge is -2.38. The van der Waals surface area contributed by atoms with Crippen LogP contribution in [0.4, 0.5) is 10.5 Å². The van der Waals surface area contributed by atoms with Crippen molar-refractivity contribution >= 4 is 17.6 Å². The molecule has 0 bridgehead atoms. The van der Waals surface area contributed by atoms with Crippen LogP contribution in [0.25, 0.3) is 0 Å².